The summed E-state index contributed by atoms with van der Waals surface area (Å²) in [6.45, 7) is 0. The van der Waals surface area contributed by atoms with Crippen LogP contribution < -0.4 is 0 Å². The molecule has 0 fully saturated rings. The number of hydrogen-bond donors (Lipinski definition) is 0. The zero-order chi connectivity index (χ0) is 6.97. The molecule has 4 heteroatoms. The maximum Gasteiger partial charge on any atom is 0.357 e. The van der Waals surface area contributed by atoms with Crippen molar-refractivity contribution >= 4 is 27.5 Å². The summed E-state index contributed by atoms with van der Waals surface area (Å²) in [5.74, 6) is 0. The Morgan fingerprint density at radius 2 is 2.10 bits per heavy atom. The molecule has 0 amide bonds. The molecule has 3 nitrogen and oxygen atoms in total. The molecule has 0 spiro atoms. The fourth-order valence-electron chi connectivity index (χ4n) is 0.887. The van der Waals surface area contributed by atoms with E-state index in [1.807, 2.05) is 24.3 Å². The van der Waals surface area contributed by atoms with E-state index in [0.29, 0.717) is 0 Å². The van der Waals surface area contributed by atoms with Gasteiger partial charge in [-0.15, -0.1) is 5.10 Å². The van der Waals surface area contributed by atoms with Crippen LogP contribution in [0.1, 0.15) is 0 Å². The van der Waals surface area contributed by atoms with Crippen LogP contribution in [0.2, 0.25) is 0 Å². The highest BCUT2D eigenvalue weighted by molar-refractivity contribution is 6.09. The Hall–Kier alpha value is -0.848. The quantitative estimate of drug-likeness (QED) is 0.501. The van der Waals surface area contributed by atoms with E-state index < -0.39 is 0 Å². The van der Waals surface area contributed by atoms with Gasteiger partial charge in [-0.05, 0) is 12.1 Å². The number of para-hydroxylation sites is 1. The summed E-state index contributed by atoms with van der Waals surface area (Å²) in [7, 11) is 0. The highest BCUT2D eigenvalue weighted by atomic mass is 27.1. The van der Waals surface area contributed by atoms with Crippen molar-refractivity contribution < 1.29 is 0 Å². The average molecular weight is 145 g/mol. The Balaban J connectivity index is 2.93. The van der Waals surface area contributed by atoms with Crippen molar-refractivity contribution in [1.29, 1.82) is 0 Å². The van der Waals surface area contributed by atoms with Crippen LogP contribution in [0, 0.1) is 0 Å². The number of hydrogen-bond acceptors (Lipinski definition) is 2. The summed E-state index contributed by atoms with van der Waals surface area (Å²) in [6, 6.07) is 7.82. The van der Waals surface area contributed by atoms with E-state index in [1.54, 1.807) is 3.67 Å². The molecule has 0 N–H and O–H groups in total. The van der Waals surface area contributed by atoms with Gasteiger partial charge in [0.2, 0.25) is 0 Å². The standard InChI is InChI=1S/C6H4N3.Al/c1-2-4-6-5(3-1)7-9-8-6;/h1-4H;/q-1;+1. The molecule has 1 aromatic carbocycles. The van der Waals surface area contributed by atoms with Crippen LogP contribution in [0.5, 0.6) is 0 Å². The first kappa shape index (κ1) is 5.90. The topological polar surface area (TPSA) is 30.7 Å². The molecule has 0 atom stereocenters. The maximum atomic E-state index is 3.91. The van der Waals surface area contributed by atoms with Crippen molar-refractivity contribution in [3.63, 3.8) is 0 Å². The Morgan fingerprint density at radius 3 is 2.90 bits per heavy atom. The molecule has 0 aliphatic heterocycles. The Labute approximate surface area is 66.3 Å². The lowest BCUT2D eigenvalue weighted by atomic mass is 10.3. The predicted molar refractivity (Wildman–Crippen MR) is 38.7 cm³/mol. The molecule has 0 saturated heterocycles. The highest BCUT2D eigenvalue weighted by Crippen LogP contribution is 2.06. The summed E-state index contributed by atoms with van der Waals surface area (Å²) < 4.78 is 1.68. The minimum Gasteiger partial charge on any atom is -0.364 e. The van der Waals surface area contributed by atoms with Crippen molar-refractivity contribution in [3.05, 3.63) is 24.3 Å². The van der Waals surface area contributed by atoms with E-state index in [2.05, 4.69) is 26.8 Å². The van der Waals surface area contributed by atoms with Crippen molar-refractivity contribution in [2.75, 3.05) is 0 Å². The number of nitrogens with zero attached hydrogens (tertiary/aromatic N) is 3. The lowest BCUT2D eigenvalue weighted by Gasteiger charge is -1.89. The molecule has 0 unspecified atom stereocenters. The summed E-state index contributed by atoms with van der Waals surface area (Å²) in [5, 5.41) is 7.74. The second-order valence-corrected chi connectivity index (χ2v) is 2.51. The lowest BCUT2D eigenvalue weighted by Crippen LogP contribution is -1.92. The van der Waals surface area contributed by atoms with Gasteiger partial charge in [-0.2, -0.15) is 0 Å². The highest BCUT2D eigenvalue weighted by Gasteiger charge is 1.94. The van der Waals surface area contributed by atoms with Gasteiger partial charge < -0.3 is 3.67 Å². The third-order valence-electron chi connectivity index (χ3n) is 1.38. The summed E-state index contributed by atoms with van der Waals surface area (Å²) in [4.78, 5) is 0. The fraction of sp³-hybridized carbons (Fsp3) is 0. The second kappa shape index (κ2) is 2.08. The van der Waals surface area contributed by atoms with E-state index in [0.717, 1.165) is 11.0 Å². The van der Waals surface area contributed by atoms with E-state index >= 15 is 0 Å². The van der Waals surface area contributed by atoms with Gasteiger partial charge in [0.05, 0.1) is 5.52 Å². The maximum absolute atomic E-state index is 3.91. The number of fused-ring (bicyclic) bond motifs is 1. The SMILES string of the molecule is [Al][n]1nnc2ccccc21. The number of aromatic nitrogens is 3. The van der Waals surface area contributed by atoms with Gasteiger partial charge in [-0.1, -0.05) is 17.3 Å². The first-order valence-electron chi connectivity index (χ1n) is 2.93. The van der Waals surface area contributed by atoms with Crippen molar-refractivity contribution in [3.8, 4) is 0 Å². The second-order valence-electron chi connectivity index (χ2n) is 2.02. The van der Waals surface area contributed by atoms with Gasteiger partial charge in [-0.25, -0.2) is 0 Å². The van der Waals surface area contributed by atoms with Crippen LogP contribution >= 0.6 is 0 Å². The third-order valence-corrected chi connectivity index (χ3v) is 1.76. The lowest BCUT2D eigenvalue weighted by molar-refractivity contribution is 0.898. The molecule has 10 heavy (non-hydrogen) atoms. The molecule has 0 aliphatic rings. The zero-order valence-corrected chi connectivity index (χ0v) is 6.38. The summed E-state index contributed by atoms with van der Waals surface area (Å²) >= 11 is 2.47. The summed E-state index contributed by atoms with van der Waals surface area (Å²) in [5.41, 5.74) is 1.96. The minimum atomic E-state index is 0.928. The average Bonchev–Trinajstić information content (AvgIpc) is 2.34. The molecule has 46 valence electrons. The van der Waals surface area contributed by atoms with Gasteiger partial charge in [0.15, 0.2) is 0 Å². The van der Waals surface area contributed by atoms with Crippen LogP contribution in [-0.4, -0.2) is 30.5 Å². The molecule has 0 aliphatic carbocycles. The van der Waals surface area contributed by atoms with Crippen LogP contribution in [-0.2, 0) is 0 Å². The minimum absolute atomic E-state index is 0.928. The van der Waals surface area contributed by atoms with E-state index in [9.17, 15) is 0 Å². The zero-order valence-electron chi connectivity index (χ0n) is 5.23. The molecule has 1 heterocycles. The fourth-order valence-corrected chi connectivity index (χ4v) is 1.16. The molecule has 0 bridgehead atoms. The van der Waals surface area contributed by atoms with Crippen LogP contribution in [0.3, 0.4) is 0 Å². The van der Waals surface area contributed by atoms with Gasteiger partial charge >= 0.3 is 16.5 Å². The molecule has 2 aromatic rings. The smallest absolute Gasteiger partial charge is 0.357 e. The summed E-state index contributed by atoms with van der Waals surface area (Å²) in [6.07, 6.45) is 0. The van der Waals surface area contributed by atoms with E-state index in [1.165, 1.54) is 0 Å². The Morgan fingerprint density at radius 1 is 1.30 bits per heavy atom. The van der Waals surface area contributed by atoms with Crippen LogP contribution in [0.15, 0.2) is 24.3 Å². The van der Waals surface area contributed by atoms with E-state index in [4.69, 9.17) is 0 Å². The normalized spacial score (nSPS) is 10.4. The van der Waals surface area contributed by atoms with Gasteiger partial charge in [0.1, 0.15) is 5.52 Å². The Bertz CT molecular complexity index is 355. The largest absolute Gasteiger partial charge is 0.364 e. The van der Waals surface area contributed by atoms with Gasteiger partial charge in [0.25, 0.3) is 0 Å². The van der Waals surface area contributed by atoms with Crippen molar-refractivity contribution in [2.45, 2.75) is 0 Å². The molecule has 0 saturated carbocycles. The first-order valence-corrected chi connectivity index (χ1v) is 3.45. The van der Waals surface area contributed by atoms with Gasteiger partial charge in [-0.3, -0.25) is 0 Å². The van der Waals surface area contributed by atoms with Crippen molar-refractivity contribution in [1.82, 2.24) is 14.0 Å². The molecule has 2 radical (unpaired) electrons. The molecular weight excluding hydrogens is 141 g/mol. The third kappa shape index (κ3) is 0.738. The molecule has 1 aromatic heterocycles. The number of benzene rings is 1. The monoisotopic (exact) mass is 145 g/mol. The van der Waals surface area contributed by atoms with Crippen LogP contribution in [0.25, 0.3) is 11.0 Å². The molecule has 2 rings (SSSR count). The Kier molecular flexibility index (Phi) is 1.23. The van der Waals surface area contributed by atoms with E-state index in [-0.39, 0.29) is 0 Å². The van der Waals surface area contributed by atoms with Crippen LogP contribution in [0.4, 0.5) is 0 Å². The number of rotatable bonds is 0. The predicted octanol–water partition coefficient (Wildman–Crippen LogP) is 0.363. The first-order chi connectivity index (χ1) is 4.88. The van der Waals surface area contributed by atoms with Crippen molar-refractivity contribution in [2.24, 2.45) is 0 Å². The molecular formula is C6H4AlN3. The van der Waals surface area contributed by atoms with Gasteiger partial charge in [0, 0.05) is 0 Å².